The highest BCUT2D eigenvalue weighted by Crippen LogP contribution is 2.47. The molecule has 7 N–H and O–H groups in total. The summed E-state index contributed by atoms with van der Waals surface area (Å²) in [5.41, 5.74) is 2.48. The molecule has 0 aromatic heterocycles. The molecule has 0 spiro atoms. The summed E-state index contributed by atoms with van der Waals surface area (Å²) in [6.07, 6.45) is -4.20. The molecule has 1 amide bonds. The van der Waals surface area contributed by atoms with Crippen LogP contribution in [0.5, 0.6) is 0 Å². The molecule has 11 heteroatoms. The first kappa shape index (κ1) is 32.3. The third kappa shape index (κ3) is 6.97. The van der Waals surface area contributed by atoms with Gasteiger partial charge in [0.2, 0.25) is 0 Å². The highest BCUT2D eigenvalue weighted by atomic mass is 32.2. The molecule has 10 nitrogen and oxygen atoms in total. The number of thioether (sulfide) groups is 1. The SMILES string of the molecule is CCCC[C@@]1(CC)CSc2ccc(N(C)C)cc2C(c2cccc(NC(=O)[C@H](O)[C@@H](O)[C@H](O)C(O)CO)c2)N1O. The number of anilines is 2. The Morgan fingerprint density at radius 3 is 2.48 bits per heavy atom. The van der Waals surface area contributed by atoms with Crippen LogP contribution in [0, 0.1) is 0 Å². The molecule has 1 heterocycles. The Balaban J connectivity index is 2.01. The standard InChI is InChI=1S/C29H43N3O7S/c1-5-7-13-29(6-2)17-40-23-12-11-20(31(3)4)15-21(23)24(32(29)39)18-9-8-10-19(14-18)30-28(38)27(37)26(36)25(35)22(34)16-33/h8-12,14-15,22,24-27,33-37,39H,5-7,13,16-17H2,1-4H3,(H,30,38)/t22?,24?,25-,26+,27-,29+/m1/s1. The van der Waals surface area contributed by atoms with Gasteiger partial charge in [0.25, 0.3) is 5.91 Å². The maximum Gasteiger partial charge on any atom is 0.256 e. The number of nitrogens with zero attached hydrogens (tertiary/aromatic N) is 2. The van der Waals surface area contributed by atoms with E-state index < -0.39 is 48.5 Å². The Morgan fingerprint density at radius 2 is 1.85 bits per heavy atom. The number of carbonyl (C=O) groups excluding carboxylic acids is 1. The van der Waals surface area contributed by atoms with Crippen LogP contribution in [-0.2, 0) is 4.79 Å². The smallest absolute Gasteiger partial charge is 0.256 e. The lowest BCUT2D eigenvalue weighted by molar-refractivity contribution is -0.193. The average molecular weight is 578 g/mol. The van der Waals surface area contributed by atoms with Gasteiger partial charge in [-0.25, -0.2) is 0 Å². The molecule has 0 radical (unpaired) electrons. The van der Waals surface area contributed by atoms with Crippen molar-refractivity contribution in [2.45, 2.75) is 80.4 Å². The summed E-state index contributed by atoms with van der Waals surface area (Å²) in [5.74, 6) is -0.278. The number of nitrogens with one attached hydrogen (secondary N) is 1. The minimum atomic E-state index is -2.06. The molecule has 222 valence electrons. The number of hydrogen-bond acceptors (Lipinski definition) is 10. The van der Waals surface area contributed by atoms with Crippen LogP contribution < -0.4 is 10.2 Å². The number of aliphatic hydroxyl groups excluding tert-OH is 5. The Morgan fingerprint density at radius 1 is 1.12 bits per heavy atom. The fourth-order valence-corrected chi connectivity index (χ4v) is 6.38. The largest absolute Gasteiger partial charge is 0.394 e. The zero-order valence-electron chi connectivity index (χ0n) is 23.6. The van der Waals surface area contributed by atoms with E-state index in [1.165, 1.54) is 5.06 Å². The van der Waals surface area contributed by atoms with Crippen LogP contribution in [0.3, 0.4) is 0 Å². The topological polar surface area (TPSA) is 157 Å². The molecule has 2 aromatic carbocycles. The van der Waals surface area contributed by atoms with Gasteiger partial charge in [-0.05, 0) is 54.3 Å². The van der Waals surface area contributed by atoms with Crippen LogP contribution in [0.15, 0.2) is 47.4 Å². The van der Waals surface area contributed by atoms with Crippen molar-refractivity contribution in [3.8, 4) is 0 Å². The van der Waals surface area contributed by atoms with Crippen LogP contribution in [-0.4, -0.2) is 98.1 Å². The number of amides is 1. The van der Waals surface area contributed by atoms with E-state index in [0.717, 1.165) is 47.4 Å². The maximum absolute atomic E-state index is 12.7. The van der Waals surface area contributed by atoms with Crippen molar-refractivity contribution >= 4 is 29.0 Å². The summed E-state index contributed by atoms with van der Waals surface area (Å²) in [4.78, 5) is 15.8. The van der Waals surface area contributed by atoms with Crippen molar-refractivity contribution in [2.75, 3.05) is 36.7 Å². The summed E-state index contributed by atoms with van der Waals surface area (Å²) >= 11 is 1.73. The number of rotatable bonds is 12. The third-order valence-electron chi connectivity index (χ3n) is 7.68. The summed E-state index contributed by atoms with van der Waals surface area (Å²) in [7, 11) is 3.92. The van der Waals surface area contributed by atoms with Crippen molar-refractivity contribution in [2.24, 2.45) is 0 Å². The lowest BCUT2D eigenvalue weighted by atomic mass is 9.87. The maximum atomic E-state index is 12.7. The number of unbranched alkanes of at least 4 members (excludes halogenated alkanes) is 1. The lowest BCUT2D eigenvalue weighted by Gasteiger charge is -2.42. The molecular formula is C29H43N3O7S. The number of benzene rings is 2. The van der Waals surface area contributed by atoms with Crippen molar-refractivity contribution in [3.05, 3.63) is 53.6 Å². The number of carbonyl (C=O) groups is 1. The highest BCUT2D eigenvalue weighted by Gasteiger charge is 2.43. The second-order valence-electron chi connectivity index (χ2n) is 10.6. The Labute approximate surface area is 240 Å². The Hall–Kier alpha value is -2.22. The van der Waals surface area contributed by atoms with Crippen LogP contribution in [0.2, 0.25) is 0 Å². The molecule has 0 aliphatic carbocycles. The number of aliphatic hydroxyl groups is 5. The molecule has 0 bridgehead atoms. The highest BCUT2D eigenvalue weighted by molar-refractivity contribution is 7.99. The Kier molecular flexibility index (Phi) is 11.4. The molecule has 2 aromatic rings. The zero-order valence-corrected chi connectivity index (χ0v) is 24.4. The fraction of sp³-hybridized carbons (Fsp3) is 0.552. The van der Waals surface area contributed by atoms with Gasteiger partial charge >= 0.3 is 0 Å². The van der Waals surface area contributed by atoms with E-state index in [9.17, 15) is 30.4 Å². The molecule has 1 aliphatic rings. The molecule has 3 rings (SSSR count). The molecule has 6 atom stereocenters. The van der Waals surface area contributed by atoms with Gasteiger partial charge in [0, 0.05) is 36.1 Å². The summed E-state index contributed by atoms with van der Waals surface area (Å²) in [5, 5.41) is 64.8. The Bertz CT molecular complexity index is 1140. The van der Waals surface area contributed by atoms with Crippen molar-refractivity contribution < 1.29 is 35.5 Å². The van der Waals surface area contributed by atoms with Gasteiger partial charge in [-0.2, -0.15) is 5.06 Å². The quantitative estimate of drug-likeness (QED) is 0.200. The monoisotopic (exact) mass is 577 g/mol. The van der Waals surface area contributed by atoms with E-state index >= 15 is 0 Å². The molecule has 40 heavy (non-hydrogen) atoms. The minimum absolute atomic E-state index is 0.317. The first-order valence-corrected chi connectivity index (χ1v) is 14.6. The van der Waals surface area contributed by atoms with Gasteiger partial charge in [-0.15, -0.1) is 11.8 Å². The molecule has 0 saturated heterocycles. The normalized spacial score (nSPS) is 22.5. The van der Waals surface area contributed by atoms with E-state index in [1.807, 2.05) is 25.1 Å². The van der Waals surface area contributed by atoms with Crippen molar-refractivity contribution in [1.29, 1.82) is 0 Å². The first-order valence-electron chi connectivity index (χ1n) is 13.7. The van der Waals surface area contributed by atoms with Gasteiger partial charge in [-0.1, -0.05) is 38.8 Å². The van der Waals surface area contributed by atoms with Gasteiger partial charge in [0.05, 0.1) is 18.2 Å². The average Bonchev–Trinajstić information content (AvgIpc) is 3.08. The number of hydrogen-bond donors (Lipinski definition) is 7. The number of fused-ring (bicyclic) bond motifs is 1. The van der Waals surface area contributed by atoms with Crippen molar-refractivity contribution in [1.82, 2.24) is 5.06 Å². The summed E-state index contributed by atoms with van der Waals surface area (Å²) in [6.45, 7) is 3.37. The van der Waals surface area contributed by atoms with Crippen LogP contribution in [0.4, 0.5) is 11.4 Å². The second-order valence-corrected chi connectivity index (χ2v) is 11.6. The number of hydroxylamine groups is 2. The molecular weight excluding hydrogens is 534 g/mol. The van der Waals surface area contributed by atoms with Gasteiger partial charge in [0.15, 0.2) is 6.10 Å². The van der Waals surface area contributed by atoms with E-state index in [4.69, 9.17) is 5.11 Å². The fourth-order valence-electron chi connectivity index (χ4n) is 4.98. The molecule has 0 fully saturated rings. The van der Waals surface area contributed by atoms with Crippen molar-refractivity contribution in [3.63, 3.8) is 0 Å². The predicted octanol–water partition coefficient (Wildman–Crippen LogP) is 2.35. The molecule has 0 saturated carbocycles. The van der Waals surface area contributed by atoms with E-state index in [2.05, 4.69) is 37.4 Å². The first-order chi connectivity index (χ1) is 19.0. The third-order valence-corrected chi connectivity index (χ3v) is 9.04. The van der Waals surface area contributed by atoms with E-state index in [-0.39, 0.29) is 0 Å². The summed E-state index contributed by atoms with van der Waals surface area (Å²) in [6, 6.07) is 12.6. The zero-order chi connectivity index (χ0) is 29.6. The van der Waals surface area contributed by atoms with E-state index in [0.29, 0.717) is 11.4 Å². The molecule has 1 aliphatic heterocycles. The van der Waals surface area contributed by atoms with Crippen LogP contribution in [0.1, 0.15) is 56.7 Å². The predicted molar refractivity (Wildman–Crippen MR) is 156 cm³/mol. The minimum Gasteiger partial charge on any atom is -0.394 e. The van der Waals surface area contributed by atoms with Gasteiger partial charge < -0.3 is 41.0 Å². The second kappa shape index (κ2) is 14.1. The lowest BCUT2D eigenvalue weighted by Crippen LogP contribution is -2.50. The van der Waals surface area contributed by atoms with Crippen LogP contribution in [0.25, 0.3) is 0 Å². The van der Waals surface area contributed by atoms with Gasteiger partial charge in [0.1, 0.15) is 18.3 Å². The molecule has 2 unspecified atom stereocenters. The summed E-state index contributed by atoms with van der Waals surface area (Å²) < 4.78 is 0. The van der Waals surface area contributed by atoms with E-state index in [1.54, 1.807) is 30.0 Å². The van der Waals surface area contributed by atoms with Gasteiger partial charge in [-0.3, -0.25) is 4.79 Å². The van der Waals surface area contributed by atoms with Crippen LogP contribution >= 0.6 is 11.8 Å².